The Balaban J connectivity index is 0.00000109. The van der Waals surface area contributed by atoms with E-state index in [-0.39, 0.29) is 0 Å². The first-order valence-electron chi connectivity index (χ1n) is 8.10. The van der Waals surface area contributed by atoms with Gasteiger partial charge in [-0.1, -0.05) is 32.0 Å². The summed E-state index contributed by atoms with van der Waals surface area (Å²) in [5.41, 5.74) is 2.88. The topological polar surface area (TPSA) is 69.0 Å². The summed E-state index contributed by atoms with van der Waals surface area (Å²) in [7, 11) is 1.35. The van der Waals surface area contributed by atoms with Gasteiger partial charge in [0, 0.05) is 18.0 Å². The molecule has 0 aliphatic heterocycles. The molecule has 0 saturated carbocycles. The molecule has 2 heterocycles. The molecule has 0 aliphatic carbocycles. The summed E-state index contributed by atoms with van der Waals surface area (Å²) in [6, 6.07) is 11.4. The summed E-state index contributed by atoms with van der Waals surface area (Å²) in [5, 5.41) is 7.68. The van der Waals surface area contributed by atoms with E-state index in [1.54, 1.807) is 23.1 Å². The van der Waals surface area contributed by atoms with Crippen molar-refractivity contribution in [3.63, 3.8) is 0 Å². The van der Waals surface area contributed by atoms with Gasteiger partial charge in [-0.05, 0) is 25.1 Å². The molecule has 6 heteroatoms. The summed E-state index contributed by atoms with van der Waals surface area (Å²) >= 11 is 0. The van der Waals surface area contributed by atoms with Gasteiger partial charge in [0.15, 0.2) is 5.82 Å². The maximum absolute atomic E-state index is 11.8. The Morgan fingerprint density at radius 3 is 2.56 bits per heavy atom. The summed E-state index contributed by atoms with van der Waals surface area (Å²) < 4.78 is 6.57. The normalized spacial score (nSPS) is 9.76. The minimum Gasteiger partial charge on any atom is -0.465 e. The van der Waals surface area contributed by atoms with Gasteiger partial charge in [-0.15, -0.1) is 5.10 Å². The largest absolute Gasteiger partial charge is 0.465 e. The quantitative estimate of drug-likeness (QED) is 0.724. The van der Waals surface area contributed by atoms with E-state index in [1.807, 2.05) is 57.3 Å². The number of aromatic nitrogens is 3. The number of nitrogens with zero attached hydrogens (tertiary/aromatic N) is 3. The molecular formula is C19H22N4O2. The van der Waals surface area contributed by atoms with Crippen molar-refractivity contribution in [3.8, 4) is 5.69 Å². The number of rotatable bonds is 4. The zero-order valence-corrected chi connectivity index (χ0v) is 14.9. The average Bonchev–Trinajstić information content (AvgIpc) is 3.04. The molecule has 0 unspecified atom stereocenters. The maximum atomic E-state index is 11.8. The van der Waals surface area contributed by atoms with Crippen LogP contribution in [0, 0.1) is 6.92 Å². The smallest absolute Gasteiger partial charge is 0.340 e. The molecule has 0 bridgehead atoms. The van der Waals surface area contributed by atoms with Gasteiger partial charge >= 0.3 is 5.97 Å². The minimum absolute atomic E-state index is 0.413. The van der Waals surface area contributed by atoms with Crippen LogP contribution in [0.15, 0.2) is 55.0 Å². The molecule has 6 nitrogen and oxygen atoms in total. The number of anilines is 2. The lowest BCUT2D eigenvalue weighted by Crippen LogP contribution is -2.06. The van der Waals surface area contributed by atoms with E-state index in [4.69, 9.17) is 4.74 Å². The van der Waals surface area contributed by atoms with Crippen molar-refractivity contribution in [2.24, 2.45) is 0 Å². The number of para-hydroxylation sites is 1. The monoisotopic (exact) mass is 338 g/mol. The molecule has 0 atom stereocenters. The third-order valence-electron chi connectivity index (χ3n) is 3.40. The van der Waals surface area contributed by atoms with Crippen molar-refractivity contribution in [1.82, 2.24) is 14.8 Å². The summed E-state index contributed by atoms with van der Waals surface area (Å²) in [6.07, 6.45) is 5.05. The molecule has 1 aromatic carbocycles. The van der Waals surface area contributed by atoms with Gasteiger partial charge < -0.3 is 10.1 Å². The van der Waals surface area contributed by atoms with Crippen LogP contribution >= 0.6 is 0 Å². The molecule has 3 rings (SSSR count). The first-order chi connectivity index (χ1) is 12.2. The number of carbonyl (C=O) groups is 1. The molecular weight excluding hydrogens is 316 g/mol. The predicted octanol–water partition coefficient (Wildman–Crippen LogP) is 4.13. The lowest BCUT2D eigenvalue weighted by Gasteiger charge is -2.08. The highest BCUT2D eigenvalue weighted by Gasteiger charge is 2.14. The number of hydrogen-bond donors (Lipinski definition) is 1. The van der Waals surface area contributed by atoms with Gasteiger partial charge in [-0.25, -0.2) is 9.48 Å². The molecule has 1 N–H and O–H groups in total. The van der Waals surface area contributed by atoms with Crippen molar-refractivity contribution < 1.29 is 9.53 Å². The van der Waals surface area contributed by atoms with Crippen LogP contribution in [0.4, 0.5) is 11.5 Å². The molecule has 130 valence electrons. The van der Waals surface area contributed by atoms with E-state index in [1.165, 1.54) is 7.11 Å². The number of benzene rings is 1. The number of ether oxygens (including phenoxy) is 1. The molecule has 0 spiro atoms. The van der Waals surface area contributed by atoms with E-state index >= 15 is 0 Å². The number of carbonyl (C=O) groups excluding carboxylic acids is 1. The molecule has 0 aliphatic rings. The number of aryl methyl sites for hydroxylation is 1. The number of pyridine rings is 1. The first-order valence-corrected chi connectivity index (χ1v) is 8.10. The maximum Gasteiger partial charge on any atom is 0.340 e. The highest BCUT2D eigenvalue weighted by Crippen LogP contribution is 2.23. The third kappa shape index (κ3) is 4.23. The molecule has 0 fully saturated rings. The van der Waals surface area contributed by atoms with Crippen LogP contribution in [-0.2, 0) is 4.74 Å². The second kappa shape index (κ2) is 8.63. The lowest BCUT2D eigenvalue weighted by atomic mass is 10.2. The number of hydrogen-bond acceptors (Lipinski definition) is 5. The zero-order valence-electron chi connectivity index (χ0n) is 14.9. The Kier molecular flexibility index (Phi) is 6.28. The van der Waals surface area contributed by atoms with Gasteiger partial charge in [0.1, 0.15) is 0 Å². The first kappa shape index (κ1) is 18.2. The van der Waals surface area contributed by atoms with Crippen LogP contribution in [-0.4, -0.2) is 27.8 Å². The van der Waals surface area contributed by atoms with E-state index in [0.717, 1.165) is 11.3 Å². The molecule has 0 saturated heterocycles. The van der Waals surface area contributed by atoms with E-state index < -0.39 is 5.97 Å². The van der Waals surface area contributed by atoms with Gasteiger partial charge in [-0.3, -0.25) is 4.98 Å². The van der Waals surface area contributed by atoms with Crippen LogP contribution < -0.4 is 5.32 Å². The Labute approximate surface area is 147 Å². The molecule has 2 aromatic heterocycles. The van der Waals surface area contributed by atoms with Gasteiger partial charge in [0.25, 0.3) is 0 Å². The molecule has 3 aromatic rings. The van der Waals surface area contributed by atoms with Crippen LogP contribution in [0.5, 0.6) is 0 Å². The SMILES string of the molecule is CC.COC(=O)c1ccncc1Nc1nn(-c2ccccc2)cc1C. The Hall–Kier alpha value is -3.15. The van der Waals surface area contributed by atoms with Crippen LogP contribution in [0.2, 0.25) is 0 Å². The van der Waals surface area contributed by atoms with E-state index in [9.17, 15) is 4.79 Å². The fraction of sp³-hybridized carbons (Fsp3) is 0.211. The van der Waals surface area contributed by atoms with Crippen LogP contribution in [0.1, 0.15) is 29.8 Å². The van der Waals surface area contributed by atoms with E-state index in [2.05, 4.69) is 15.4 Å². The average molecular weight is 338 g/mol. The summed E-state index contributed by atoms with van der Waals surface area (Å²) in [6.45, 7) is 5.95. The van der Waals surface area contributed by atoms with Gasteiger partial charge in [-0.2, -0.15) is 0 Å². The Morgan fingerprint density at radius 1 is 1.16 bits per heavy atom. The van der Waals surface area contributed by atoms with Crippen LogP contribution in [0.3, 0.4) is 0 Å². The molecule has 25 heavy (non-hydrogen) atoms. The Bertz CT molecular complexity index is 828. The number of esters is 1. The standard InChI is InChI=1S/C17H16N4O2.C2H6/c1-12-11-21(13-6-4-3-5-7-13)20-16(12)19-15-10-18-9-8-14(15)17(22)23-2;1-2/h3-11H,1-2H3,(H,19,20);1-2H3. The lowest BCUT2D eigenvalue weighted by molar-refractivity contribution is 0.0602. The fourth-order valence-corrected chi connectivity index (χ4v) is 2.21. The predicted molar refractivity (Wildman–Crippen MR) is 98.5 cm³/mol. The number of nitrogens with one attached hydrogen (secondary N) is 1. The van der Waals surface area contributed by atoms with Crippen molar-refractivity contribution in [2.75, 3.05) is 12.4 Å². The second-order valence-electron chi connectivity index (χ2n) is 4.98. The Morgan fingerprint density at radius 2 is 1.88 bits per heavy atom. The zero-order chi connectivity index (χ0) is 18.2. The molecule has 0 amide bonds. The highest BCUT2D eigenvalue weighted by atomic mass is 16.5. The van der Waals surface area contributed by atoms with Crippen molar-refractivity contribution in [2.45, 2.75) is 20.8 Å². The number of methoxy groups -OCH3 is 1. The third-order valence-corrected chi connectivity index (χ3v) is 3.40. The van der Waals surface area contributed by atoms with Gasteiger partial charge in [0.2, 0.25) is 0 Å². The van der Waals surface area contributed by atoms with Crippen molar-refractivity contribution >= 4 is 17.5 Å². The highest BCUT2D eigenvalue weighted by molar-refractivity contribution is 5.96. The van der Waals surface area contributed by atoms with E-state index in [0.29, 0.717) is 17.1 Å². The molecule has 0 radical (unpaired) electrons. The second-order valence-corrected chi connectivity index (χ2v) is 4.98. The van der Waals surface area contributed by atoms with Crippen LogP contribution in [0.25, 0.3) is 5.69 Å². The summed E-state index contributed by atoms with van der Waals surface area (Å²) in [5.74, 6) is 0.238. The minimum atomic E-state index is -0.421. The van der Waals surface area contributed by atoms with Gasteiger partial charge in [0.05, 0.1) is 30.2 Å². The fourth-order valence-electron chi connectivity index (χ4n) is 2.21. The van der Waals surface area contributed by atoms with Crippen molar-refractivity contribution in [1.29, 1.82) is 0 Å². The summed E-state index contributed by atoms with van der Waals surface area (Å²) in [4.78, 5) is 15.9. The van der Waals surface area contributed by atoms with Crippen molar-refractivity contribution in [3.05, 3.63) is 66.1 Å².